The first-order chi connectivity index (χ1) is 13.2. The zero-order valence-electron chi connectivity index (χ0n) is 15.5. The van der Waals surface area contributed by atoms with Gasteiger partial charge in [-0.2, -0.15) is 0 Å². The molecule has 0 saturated carbocycles. The van der Waals surface area contributed by atoms with Crippen molar-refractivity contribution in [1.82, 2.24) is 10.2 Å². The van der Waals surface area contributed by atoms with E-state index in [2.05, 4.69) is 17.6 Å². The van der Waals surface area contributed by atoms with Gasteiger partial charge in [-0.05, 0) is 29.9 Å². The van der Waals surface area contributed by atoms with Gasteiger partial charge in [0.05, 0.1) is 11.7 Å². The summed E-state index contributed by atoms with van der Waals surface area (Å²) in [6, 6.07) is 17.1. The summed E-state index contributed by atoms with van der Waals surface area (Å²) in [6.45, 7) is 3.32. The first kappa shape index (κ1) is 19.3. The van der Waals surface area contributed by atoms with Gasteiger partial charge in [0.2, 0.25) is 5.91 Å². The number of nitrogens with one attached hydrogen (secondary N) is 2. The van der Waals surface area contributed by atoms with Gasteiger partial charge < -0.3 is 15.5 Å². The Labute approximate surface area is 164 Å². The van der Waals surface area contributed by atoms with E-state index < -0.39 is 0 Å². The van der Waals surface area contributed by atoms with Crippen LogP contribution in [0.3, 0.4) is 0 Å². The summed E-state index contributed by atoms with van der Waals surface area (Å²) in [4.78, 5) is 27.6. The Morgan fingerprint density at radius 2 is 1.89 bits per heavy atom. The SMILES string of the molecule is CCSc1ccccc1NC(=O)N[C@H](CN1CCCC1=O)c1ccccc1. The zero-order chi connectivity index (χ0) is 19.1. The number of hydrogen-bond acceptors (Lipinski definition) is 3. The Morgan fingerprint density at radius 1 is 1.15 bits per heavy atom. The minimum atomic E-state index is -0.264. The van der Waals surface area contributed by atoms with E-state index in [0.29, 0.717) is 13.0 Å². The Hall–Kier alpha value is -2.47. The van der Waals surface area contributed by atoms with E-state index in [0.717, 1.165) is 34.9 Å². The van der Waals surface area contributed by atoms with Crippen LogP contribution in [0.15, 0.2) is 59.5 Å². The summed E-state index contributed by atoms with van der Waals surface area (Å²) >= 11 is 1.69. The lowest BCUT2D eigenvalue weighted by Gasteiger charge is -2.25. The monoisotopic (exact) mass is 383 g/mol. The van der Waals surface area contributed by atoms with Gasteiger partial charge in [-0.3, -0.25) is 4.79 Å². The maximum absolute atomic E-state index is 12.7. The van der Waals surface area contributed by atoms with Gasteiger partial charge >= 0.3 is 6.03 Å². The average Bonchev–Trinajstić information content (AvgIpc) is 3.08. The third-order valence-corrected chi connectivity index (χ3v) is 5.47. The summed E-state index contributed by atoms with van der Waals surface area (Å²) in [5.74, 6) is 1.09. The summed E-state index contributed by atoms with van der Waals surface area (Å²) in [5.41, 5.74) is 1.79. The minimum absolute atomic E-state index is 0.155. The molecule has 6 heteroatoms. The summed E-state index contributed by atoms with van der Waals surface area (Å²) in [7, 11) is 0. The number of likely N-dealkylation sites (tertiary alicyclic amines) is 1. The molecule has 2 aromatic carbocycles. The van der Waals surface area contributed by atoms with Gasteiger partial charge in [-0.1, -0.05) is 49.4 Å². The largest absolute Gasteiger partial charge is 0.340 e. The van der Waals surface area contributed by atoms with Crippen molar-refractivity contribution in [1.29, 1.82) is 0 Å². The van der Waals surface area contributed by atoms with E-state index in [9.17, 15) is 9.59 Å². The zero-order valence-corrected chi connectivity index (χ0v) is 16.3. The van der Waals surface area contributed by atoms with E-state index in [1.165, 1.54) is 0 Å². The number of amides is 3. The van der Waals surface area contributed by atoms with Crippen molar-refractivity contribution < 1.29 is 9.59 Å². The van der Waals surface area contributed by atoms with Crippen LogP contribution in [0.5, 0.6) is 0 Å². The number of urea groups is 1. The maximum Gasteiger partial charge on any atom is 0.319 e. The summed E-state index contributed by atoms with van der Waals surface area (Å²) in [6.07, 6.45) is 1.48. The van der Waals surface area contributed by atoms with Gasteiger partial charge in [-0.15, -0.1) is 11.8 Å². The molecule has 142 valence electrons. The fourth-order valence-corrected chi connectivity index (χ4v) is 3.97. The van der Waals surface area contributed by atoms with Crippen molar-refractivity contribution in [3.05, 3.63) is 60.2 Å². The van der Waals surface area contributed by atoms with Crippen LogP contribution in [0.1, 0.15) is 31.4 Å². The second-order valence-electron chi connectivity index (χ2n) is 6.43. The van der Waals surface area contributed by atoms with Crippen molar-refractivity contribution in [2.75, 3.05) is 24.2 Å². The minimum Gasteiger partial charge on any atom is -0.340 e. The molecule has 0 spiro atoms. The Balaban J connectivity index is 1.71. The second-order valence-corrected chi connectivity index (χ2v) is 7.74. The standard InChI is InChI=1S/C21H25N3O2S/c1-2-27-19-12-7-6-11-17(19)22-21(26)23-18(16-9-4-3-5-10-16)15-24-14-8-13-20(24)25/h3-7,9-12,18H,2,8,13-15H2,1H3,(H2,22,23,26)/t18-/m1/s1. The highest BCUT2D eigenvalue weighted by Gasteiger charge is 2.25. The lowest BCUT2D eigenvalue weighted by atomic mass is 10.1. The average molecular weight is 384 g/mol. The van der Waals surface area contributed by atoms with Crippen LogP contribution in [-0.4, -0.2) is 35.7 Å². The molecule has 2 aromatic rings. The lowest BCUT2D eigenvalue weighted by Crippen LogP contribution is -2.40. The maximum atomic E-state index is 12.7. The fourth-order valence-electron chi connectivity index (χ4n) is 3.21. The van der Waals surface area contributed by atoms with Crippen molar-refractivity contribution in [2.24, 2.45) is 0 Å². The molecule has 0 aliphatic carbocycles. The van der Waals surface area contributed by atoms with E-state index in [1.54, 1.807) is 11.8 Å². The first-order valence-electron chi connectivity index (χ1n) is 9.29. The predicted molar refractivity (Wildman–Crippen MR) is 110 cm³/mol. The van der Waals surface area contributed by atoms with Crippen LogP contribution in [-0.2, 0) is 4.79 Å². The quantitative estimate of drug-likeness (QED) is 0.702. The van der Waals surface area contributed by atoms with Gasteiger partial charge in [0, 0.05) is 24.4 Å². The predicted octanol–water partition coefficient (Wildman–Crippen LogP) is 4.28. The second kappa shape index (κ2) is 9.46. The molecule has 5 nitrogen and oxygen atoms in total. The molecule has 1 aliphatic heterocycles. The van der Waals surface area contributed by atoms with Crippen LogP contribution in [0, 0.1) is 0 Å². The van der Waals surface area contributed by atoms with Crippen molar-refractivity contribution in [3.8, 4) is 0 Å². The number of rotatable bonds is 7. The summed E-state index contributed by atoms with van der Waals surface area (Å²) in [5, 5.41) is 6.00. The molecule has 3 amide bonds. The Morgan fingerprint density at radius 3 is 2.59 bits per heavy atom. The Bertz CT molecular complexity index is 782. The van der Waals surface area contributed by atoms with Crippen molar-refractivity contribution >= 4 is 29.4 Å². The highest BCUT2D eigenvalue weighted by Crippen LogP contribution is 2.27. The van der Waals surface area contributed by atoms with Crippen LogP contribution in [0.25, 0.3) is 0 Å². The first-order valence-corrected chi connectivity index (χ1v) is 10.3. The molecule has 0 unspecified atom stereocenters. The molecule has 0 aromatic heterocycles. The van der Waals surface area contributed by atoms with Gasteiger partial charge in [0.25, 0.3) is 0 Å². The number of carbonyl (C=O) groups excluding carboxylic acids is 2. The molecule has 1 saturated heterocycles. The molecule has 1 fully saturated rings. The highest BCUT2D eigenvalue weighted by molar-refractivity contribution is 7.99. The van der Waals surface area contributed by atoms with Crippen molar-refractivity contribution in [3.63, 3.8) is 0 Å². The van der Waals surface area contributed by atoms with E-state index in [4.69, 9.17) is 0 Å². The van der Waals surface area contributed by atoms with E-state index >= 15 is 0 Å². The third kappa shape index (κ3) is 5.26. The molecule has 1 atom stereocenters. The molecule has 3 rings (SSSR count). The molecular formula is C21H25N3O2S. The lowest BCUT2D eigenvalue weighted by molar-refractivity contribution is -0.128. The molecular weight excluding hydrogens is 358 g/mol. The Kier molecular flexibility index (Phi) is 6.76. The van der Waals surface area contributed by atoms with E-state index in [-0.39, 0.29) is 18.0 Å². The molecule has 1 heterocycles. The third-order valence-electron chi connectivity index (χ3n) is 4.52. The highest BCUT2D eigenvalue weighted by atomic mass is 32.2. The molecule has 0 radical (unpaired) electrons. The number of thioether (sulfide) groups is 1. The number of benzene rings is 2. The van der Waals surface area contributed by atoms with Crippen molar-refractivity contribution in [2.45, 2.75) is 30.7 Å². The number of para-hydroxylation sites is 1. The van der Waals surface area contributed by atoms with Gasteiger partial charge in [0.1, 0.15) is 0 Å². The van der Waals surface area contributed by atoms with Crippen LogP contribution in [0.2, 0.25) is 0 Å². The molecule has 1 aliphatic rings. The normalized spacial score (nSPS) is 14.9. The number of anilines is 1. The van der Waals surface area contributed by atoms with Gasteiger partial charge in [-0.25, -0.2) is 4.79 Å². The molecule has 0 bridgehead atoms. The fraction of sp³-hybridized carbons (Fsp3) is 0.333. The topological polar surface area (TPSA) is 61.4 Å². The molecule has 27 heavy (non-hydrogen) atoms. The van der Waals surface area contributed by atoms with E-state index in [1.807, 2.05) is 59.5 Å². The van der Waals surface area contributed by atoms with Crippen LogP contribution < -0.4 is 10.6 Å². The van der Waals surface area contributed by atoms with Crippen LogP contribution >= 0.6 is 11.8 Å². The number of hydrogen-bond donors (Lipinski definition) is 2. The molecule has 2 N–H and O–H groups in total. The summed E-state index contributed by atoms with van der Waals surface area (Å²) < 4.78 is 0. The van der Waals surface area contributed by atoms with Gasteiger partial charge in [0.15, 0.2) is 0 Å². The number of nitrogens with zero attached hydrogens (tertiary/aromatic N) is 1. The smallest absolute Gasteiger partial charge is 0.319 e. The van der Waals surface area contributed by atoms with Crippen LogP contribution in [0.4, 0.5) is 10.5 Å². The number of carbonyl (C=O) groups is 2.